The number of nitrogens with zero attached hydrogens (tertiary/aromatic N) is 7. The molecule has 0 N–H and O–H groups in total. The van der Waals surface area contributed by atoms with E-state index in [-0.39, 0.29) is 0 Å². The highest BCUT2D eigenvalue weighted by atomic mass is 15.7. The SMILES string of the molecule is CN=N/N=N/N=N/N(C)C. The average Bonchev–Trinajstić information content (AvgIpc) is 1.87. The zero-order valence-corrected chi connectivity index (χ0v) is 6.13. The zero-order valence-electron chi connectivity index (χ0n) is 6.13. The molecule has 0 amide bonds. The van der Waals surface area contributed by atoms with Crippen LogP contribution in [0.4, 0.5) is 0 Å². The lowest BCUT2D eigenvalue weighted by Gasteiger charge is -1.95. The zero-order chi connectivity index (χ0) is 7.82. The van der Waals surface area contributed by atoms with E-state index in [1.165, 1.54) is 12.1 Å². The van der Waals surface area contributed by atoms with Crippen molar-refractivity contribution in [3.63, 3.8) is 0 Å². The Kier molecular flexibility index (Phi) is 4.93. The van der Waals surface area contributed by atoms with E-state index in [4.69, 9.17) is 0 Å². The summed E-state index contributed by atoms with van der Waals surface area (Å²) >= 11 is 0. The summed E-state index contributed by atoms with van der Waals surface area (Å²) in [6.45, 7) is 0. The maximum absolute atomic E-state index is 3.49. The molecule has 0 rings (SSSR count). The molecule has 0 aliphatic heterocycles. The molecule has 56 valence electrons. The van der Waals surface area contributed by atoms with E-state index in [0.717, 1.165) is 0 Å². The molecule has 0 bridgehead atoms. The summed E-state index contributed by atoms with van der Waals surface area (Å²) in [5, 5.41) is 21.1. The van der Waals surface area contributed by atoms with Gasteiger partial charge in [0.25, 0.3) is 0 Å². The fourth-order valence-corrected chi connectivity index (χ4v) is 0.174. The van der Waals surface area contributed by atoms with Gasteiger partial charge in [0, 0.05) is 14.1 Å². The van der Waals surface area contributed by atoms with Gasteiger partial charge >= 0.3 is 0 Å². The molecule has 7 nitrogen and oxygen atoms in total. The molecular weight excluding hydrogens is 134 g/mol. The van der Waals surface area contributed by atoms with Crippen LogP contribution in [0, 0.1) is 0 Å². The first kappa shape index (κ1) is 8.60. The molecule has 0 unspecified atom stereocenters. The third kappa shape index (κ3) is 6.60. The summed E-state index contributed by atoms with van der Waals surface area (Å²) in [5.41, 5.74) is 0. The highest BCUT2D eigenvalue weighted by Crippen LogP contribution is 1.83. The van der Waals surface area contributed by atoms with Gasteiger partial charge < -0.3 is 0 Å². The Hall–Kier alpha value is -1.40. The van der Waals surface area contributed by atoms with Crippen molar-refractivity contribution in [2.45, 2.75) is 0 Å². The Bertz CT molecular complexity index is 145. The van der Waals surface area contributed by atoms with E-state index in [2.05, 4.69) is 31.2 Å². The van der Waals surface area contributed by atoms with Crippen molar-refractivity contribution in [3.8, 4) is 0 Å². The molecule has 10 heavy (non-hydrogen) atoms. The molecule has 0 aromatic carbocycles. The quantitative estimate of drug-likeness (QED) is 0.433. The smallest absolute Gasteiger partial charge is 0.0510 e. The summed E-state index contributed by atoms with van der Waals surface area (Å²) in [7, 11) is 4.93. The Labute approximate surface area is 58.5 Å². The highest BCUT2D eigenvalue weighted by Gasteiger charge is 1.73. The van der Waals surface area contributed by atoms with E-state index < -0.39 is 0 Å². The first-order chi connectivity index (χ1) is 4.77. The molecule has 0 atom stereocenters. The van der Waals surface area contributed by atoms with Gasteiger partial charge in [-0.3, -0.25) is 5.01 Å². The van der Waals surface area contributed by atoms with Crippen LogP contribution < -0.4 is 0 Å². The fourth-order valence-electron chi connectivity index (χ4n) is 0.174. The van der Waals surface area contributed by atoms with Gasteiger partial charge in [-0.2, -0.15) is 5.11 Å². The van der Waals surface area contributed by atoms with Gasteiger partial charge in [0.05, 0.1) is 7.05 Å². The summed E-state index contributed by atoms with van der Waals surface area (Å²) < 4.78 is 0. The first-order valence-corrected chi connectivity index (χ1v) is 2.54. The molecule has 0 heterocycles. The van der Waals surface area contributed by atoms with E-state index in [1.807, 2.05) is 0 Å². The predicted molar refractivity (Wildman–Crippen MR) is 34.2 cm³/mol. The van der Waals surface area contributed by atoms with Gasteiger partial charge in [-0.25, -0.2) is 0 Å². The Morgan fingerprint density at radius 1 is 0.900 bits per heavy atom. The topological polar surface area (TPSA) is 77.4 Å². The van der Waals surface area contributed by atoms with Crippen LogP contribution in [-0.4, -0.2) is 26.2 Å². The van der Waals surface area contributed by atoms with Gasteiger partial charge in [0.15, 0.2) is 0 Å². The van der Waals surface area contributed by atoms with Crippen molar-refractivity contribution >= 4 is 0 Å². The minimum Gasteiger partial charge on any atom is -0.283 e. The molecule has 7 heteroatoms. The van der Waals surface area contributed by atoms with Crippen LogP contribution in [0.5, 0.6) is 0 Å². The first-order valence-electron chi connectivity index (χ1n) is 2.54. The van der Waals surface area contributed by atoms with Crippen molar-refractivity contribution < 1.29 is 0 Å². The standard InChI is InChI=1S/C3H9N7/c1-4-5-6-7-8-9-10(2)3/h1-3H3/b5-4?,7-6+,9-8+. The summed E-state index contributed by atoms with van der Waals surface area (Å²) in [4.78, 5) is 0. The molecule has 0 aliphatic rings. The molecule has 0 aromatic heterocycles. The molecule has 0 radical (unpaired) electrons. The van der Waals surface area contributed by atoms with Crippen molar-refractivity contribution in [2.75, 3.05) is 21.1 Å². The van der Waals surface area contributed by atoms with Crippen molar-refractivity contribution in [1.29, 1.82) is 0 Å². The lowest BCUT2D eigenvalue weighted by Crippen LogP contribution is -1.98. The Morgan fingerprint density at radius 2 is 1.50 bits per heavy atom. The molecule has 0 saturated carbocycles. The van der Waals surface area contributed by atoms with E-state index >= 15 is 0 Å². The van der Waals surface area contributed by atoms with Crippen LogP contribution >= 0.6 is 0 Å². The van der Waals surface area contributed by atoms with Gasteiger partial charge in [-0.05, 0) is 20.9 Å². The van der Waals surface area contributed by atoms with Crippen LogP contribution in [0.15, 0.2) is 31.2 Å². The second-order valence-corrected chi connectivity index (χ2v) is 1.49. The van der Waals surface area contributed by atoms with Crippen molar-refractivity contribution in [1.82, 2.24) is 5.01 Å². The summed E-state index contributed by atoms with van der Waals surface area (Å²) in [6, 6.07) is 0. The molecule has 0 aromatic rings. The van der Waals surface area contributed by atoms with Gasteiger partial charge in [0.2, 0.25) is 0 Å². The van der Waals surface area contributed by atoms with Gasteiger partial charge in [0.1, 0.15) is 0 Å². The van der Waals surface area contributed by atoms with Crippen molar-refractivity contribution in [2.24, 2.45) is 31.2 Å². The normalized spacial score (nSPS) is 12.3. The van der Waals surface area contributed by atoms with E-state index in [9.17, 15) is 0 Å². The largest absolute Gasteiger partial charge is 0.283 e. The van der Waals surface area contributed by atoms with Crippen molar-refractivity contribution in [3.05, 3.63) is 0 Å². The van der Waals surface area contributed by atoms with Crippen LogP contribution in [0.1, 0.15) is 0 Å². The second-order valence-electron chi connectivity index (χ2n) is 1.49. The molecule has 0 fully saturated rings. The maximum atomic E-state index is 3.49. The average molecular weight is 143 g/mol. The van der Waals surface area contributed by atoms with Crippen LogP contribution in [-0.2, 0) is 0 Å². The second kappa shape index (κ2) is 5.73. The third-order valence-corrected chi connectivity index (χ3v) is 0.428. The number of hydrogen-bond acceptors (Lipinski definition) is 2. The Balaban J connectivity index is 3.51. The Morgan fingerprint density at radius 3 is 2.00 bits per heavy atom. The molecule has 0 aliphatic carbocycles. The highest BCUT2D eigenvalue weighted by molar-refractivity contribution is 4.15. The number of hydrogen-bond donors (Lipinski definition) is 0. The molecule has 0 saturated heterocycles. The minimum atomic E-state index is 1.49. The van der Waals surface area contributed by atoms with Crippen LogP contribution in [0.25, 0.3) is 0 Å². The molecule has 0 spiro atoms. The minimum absolute atomic E-state index is 1.49. The van der Waals surface area contributed by atoms with Gasteiger partial charge in [-0.1, -0.05) is 5.22 Å². The summed E-state index contributed by atoms with van der Waals surface area (Å²) in [5.74, 6) is 0. The van der Waals surface area contributed by atoms with E-state index in [1.54, 1.807) is 14.1 Å². The lowest BCUT2D eigenvalue weighted by atomic mass is 11.2. The fraction of sp³-hybridized carbons (Fsp3) is 1.00. The van der Waals surface area contributed by atoms with Gasteiger partial charge in [-0.15, -0.1) is 0 Å². The third-order valence-electron chi connectivity index (χ3n) is 0.428. The molecular formula is C3H9N7. The monoisotopic (exact) mass is 143 g/mol. The lowest BCUT2D eigenvalue weighted by molar-refractivity contribution is 0.397. The summed E-state index contributed by atoms with van der Waals surface area (Å²) in [6.07, 6.45) is 0. The maximum Gasteiger partial charge on any atom is 0.0510 e. The van der Waals surface area contributed by atoms with E-state index in [0.29, 0.717) is 0 Å². The van der Waals surface area contributed by atoms with Crippen LogP contribution in [0.2, 0.25) is 0 Å². The predicted octanol–water partition coefficient (Wildman–Crippen LogP) is 1.28. The number of rotatable bonds is 3. The van der Waals surface area contributed by atoms with Crippen LogP contribution in [0.3, 0.4) is 0 Å².